The van der Waals surface area contributed by atoms with Gasteiger partial charge in [0.2, 0.25) is 0 Å². The van der Waals surface area contributed by atoms with E-state index in [9.17, 15) is 0 Å². The summed E-state index contributed by atoms with van der Waals surface area (Å²) >= 11 is 0. The van der Waals surface area contributed by atoms with Gasteiger partial charge in [0, 0.05) is 39.0 Å². The smallest absolute Gasteiger partial charge is 0.143 e. The van der Waals surface area contributed by atoms with Crippen LogP contribution in [0.15, 0.2) is 241 Å². The molecule has 2 heteroatoms. The van der Waals surface area contributed by atoms with Crippen molar-refractivity contribution in [1.82, 2.24) is 0 Å². The number of hydrogen-bond donors (Lipinski definition) is 0. The Kier molecular flexibility index (Phi) is 8.87. The molecular weight excluding hydrogens is 727 g/mol. The third kappa shape index (κ3) is 6.41. The van der Waals surface area contributed by atoms with Crippen molar-refractivity contribution in [3.8, 4) is 55.6 Å². The number of benzene rings is 10. The van der Waals surface area contributed by atoms with E-state index in [0.717, 1.165) is 61.3 Å². The Morgan fingerprint density at radius 3 is 1.25 bits per heavy atom. The zero-order valence-corrected chi connectivity index (χ0v) is 32.9. The van der Waals surface area contributed by atoms with Gasteiger partial charge in [0.05, 0.1) is 0 Å². The molecule has 2 nitrogen and oxygen atoms in total. The summed E-state index contributed by atoms with van der Waals surface area (Å²) in [4.78, 5) is 2.34. The molecule has 0 N–H and O–H groups in total. The van der Waals surface area contributed by atoms with Gasteiger partial charge in [0.25, 0.3) is 0 Å². The van der Waals surface area contributed by atoms with E-state index in [4.69, 9.17) is 4.42 Å². The van der Waals surface area contributed by atoms with Crippen molar-refractivity contribution in [3.63, 3.8) is 0 Å². The number of rotatable bonds is 8. The van der Waals surface area contributed by atoms with Crippen molar-refractivity contribution in [2.45, 2.75) is 0 Å². The molecule has 11 aromatic rings. The second kappa shape index (κ2) is 15.1. The Labute approximate surface area is 349 Å². The van der Waals surface area contributed by atoms with Gasteiger partial charge in [0.15, 0.2) is 0 Å². The van der Waals surface area contributed by atoms with Crippen LogP contribution >= 0.6 is 0 Å². The molecule has 0 aliphatic carbocycles. The minimum absolute atomic E-state index is 0.900. The van der Waals surface area contributed by atoms with Crippen LogP contribution in [0.25, 0.3) is 88.3 Å². The van der Waals surface area contributed by atoms with Crippen LogP contribution in [0.4, 0.5) is 17.1 Å². The lowest BCUT2D eigenvalue weighted by Gasteiger charge is -2.26. The Hall–Kier alpha value is -7.94. The van der Waals surface area contributed by atoms with Crippen LogP contribution in [0, 0.1) is 0 Å². The number of hydrogen-bond acceptors (Lipinski definition) is 2. The molecule has 11 rings (SSSR count). The molecule has 0 saturated carbocycles. The Bertz CT molecular complexity index is 3270. The zero-order chi connectivity index (χ0) is 39.8. The fourth-order valence-electron chi connectivity index (χ4n) is 8.71. The van der Waals surface area contributed by atoms with Gasteiger partial charge in [-0.25, -0.2) is 0 Å². The van der Waals surface area contributed by atoms with E-state index in [0.29, 0.717) is 0 Å². The minimum Gasteiger partial charge on any atom is -0.455 e. The summed E-state index contributed by atoms with van der Waals surface area (Å²) in [6, 6.07) is 84.6. The summed E-state index contributed by atoms with van der Waals surface area (Å²) in [6.45, 7) is 0. The molecule has 0 amide bonds. The van der Waals surface area contributed by atoms with E-state index < -0.39 is 0 Å². The lowest BCUT2D eigenvalue weighted by atomic mass is 9.95. The van der Waals surface area contributed by atoms with Crippen molar-refractivity contribution in [2.24, 2.45) is 0 Å². The van der Waals surface area contributed by atoms with Gasteiger partial charge in [0.1, 0.15) is 11.2 Å². The fourth-order valence-corrected chi connectivity index (χ4v) is 8.71. The topological polar surface area (TPSA) is 16.4 Å². The predicted molar refractivity (Wildman–Crippen MR) is 253 cm³/mol. The molecule has 0 atom stereocenters. The largest absolute Gasteiger partial charge is 0.455 e. The highest BCUT2D eigenvalue weighted by molar-refractivity contribution is 6.13. The Balaban J connectivity index is 0.966. The van der Waals surface area contributed by atoms with Gasteiger partial charge < -0.3 is 9.32 Å². The van der Waals surface area contributed by atoms with Crippen molar-refractivity contribution < 1.29 is 4.42 Å². The quantitative estimate of drug-likeness (QED) is 0.153. The molecule has 1 aromatic heterocycles. The Morgan fingerprint density at radius 1 is 0.250 bits per heavy atom. The molecule has 0 aliphatic heterocycles. The standard InChI is InChI=1S/C58H39NO/c1-3-13-40(14-4-1)41-27-33-48(34-28-41)59(49-35-29-42(30-36-49)46-19-9-20-47(39-46)52-22-10-18-43-17-7-8-21-51(43)52)50-37-31-45(32-38-50)54-24-12-26-56-55-25-11-23-53(57(55)60-58(54)56)44-15-5-2-6-16-44/h1-39H. The van der Waals surface area contributed by atoms with Gasteiger partial charge >= 0.3 is 0 Å². The normalized spacial score (nSPS) is 11.3. The summed E-state index contributed by atoms with van der Waals surface area (Å²) in [5, 5.41) is 4.75. The van der Waals surface area contributed by atoms with Crippen molar-refractivity contribution in [1.29, 1.82) is 0 Å². The van der Waals surface area contributed by atoms with Gasteiger partial charge in [-0.3, -0.25) is 0 Å². The molecular formula is C58H39NO. The molecule has 60 heavy (non-hydrogen) atoms. The molecule has 0 saturated heterocycles. The van der Waals surface area contributed by atoms with Crippen molar-refractivity contribution >= 4 is 49.8 Å². The molecule has 0 unspecified atom stereocenters. The fraction of sp³-hybridized carbons (Fsp3) is 0. The maximum Gasteiger partial charge on any atom is 0.143 e. The lowest BCUT2D eigenvalue weighted by molar-refractivity contribution is 0.671. The molecule has 0 aliphatic rings. The average molecular weight is 766 g/mol. The van der Waals surface area contributed by atoms with Crippen molar-refractivity contribution in [2.75, 3.05) is 4.90 Å². The molecule has 1 heterocycles. The first kappa shape index (κ1) is 35.2. The highest BCUT2D eigenvalue weighted by Gasteiger charge is 2.18. The first-order chi connectivity index (χ1) is 29.7. The maximum absolute atomic E-state index is 6.78. The highest BCUT2D eigenvalue weighted by atomic mass is 16.3. The van der Waals surface area contributed by atoms with E-state index in [1.807, 2.05) is 6.07 Å². The average Bonchev–Trinajstić information content (AvgIpc) is 3.72. The monoisotopic (exact) mass is 765 g/mol. The second-order valence-electron chi connectivity index (χ2n) is 15.3. The van der Waals surface area contributed by atoms with E-state index in [2.05, 4.69) is 235 Å². The van der Waals surface area contributed by atoms with Crippen LogP contribution in [-0.2, 0) is 0 Å². The summed E-state index contributed by atoms with van der Waals surface area (Å²) in [7, 11) is 0. The van der Waals surface area contributed by atoms with E-state index in [1.54, 1.807) is 0 Å². The Morgan fingerprint density at radius 2 is 0.633 bits per heavy atom. The maximum atomic E-state index is 6.78. The van der Waals surface area contributed by atoms with Crippen LogP contribution in [0.2, 0.25) is 0 Å². The van der Waals surface area contributed by atoms with Gasteiger partial charge in [-0.1, -0.05) is 194 Å². The number of para-hydroxylation sites is 2. The first-order valence-corrected chi connectivity index (χ1v) is 20.5. The van der Waals surface area contributed by atoms with E-state index >= 15 is 0 Å². The lowest BCUT2D eigenvalue weighted by Crippen LogP contribution is -2.09. The summed E-state index contributed by atoms with van der Waals surface area (Å²) in [5.41, 5.74) is 16.7. The molecule has 0 bridgehead atoms. The number of nitrogens with zero attached hydrogens (tertiary/aromatic N) is 1. The van der Waals surface area contributed by atoms with Gasteiger partial charge in [-0.05, 0) is 97.7 Å². The molecule has 0 fully saturated rings. The van der Waals surface area contributed by atoms with E-state index in [-0.39, 0.29) is 0 Å². The summed E-state index contributed by atoms with van der Waals surface area (Å²) in [5.74, 6) is 0. The third-order valence-electron chi connectivity index (χ3n) is 11.7. The molecule has 0 spiro atoms. The third-order valence-corrected chi connectivity index (χ3v) is 11.7. The number of furan rings is 1. The number of anilines is 3. The predicted octanol–water partition coefficient (Wildman–Crippen LogP) is 16.5. The van der Waals surface area contributed by atoms with Crippen LogP contribution in [0.1, 0.15) is 0 Å². The highest BCUT2D eigenvalue weighted by Crippen LogP contribution is 2.42. The van der Waals surface area contributed by atoms with Crippen LogP contribution < -0.4 is 4.90 Å². The SMILES string of the molecule is c1ccc(-c2ccc(N(c3ccc(-c4cccc(-c5cccc6ccccc56)c4)cc3)c3ccc(-c4cccc5c4oc4c(-c6ccccc6)cccc45)cc3)cc2)cc1. The van der Waals surface area contributed by atoms with Crippen LogP contribution in [0.5, 0.6) is 0 Å². The van der Waals surface area contributed by atoms with Crippen LogP contribution in [-0.4, -0.2) is 0 Å². The molecule has 282 valence electrons. The summed E-state index contributed by atoms with van der Waals surface area (Å²) in [6.07, 6.45) is 0. The molecule has 0 radical (unpaired) electrons. The second-order valence-corrected chi connectivity index (χ2v) is 15.3. The molecule has 10 aromatic carbocycles. The number of fused-ring (bicyclic) bond motifs is 4. The van der Waals surface area contributed by atoms with E-state index in [1.165, 1.54) is 44.2 Å². The summed E-state index contributed by atoms with van der Waals surface area (Å²) < 4.78 is 6.78. The first-order valence-electron chi connectivity index (χ1n) is 20.5. The van der Waals surface area contributed by atoms with Gasteiger partial charge in [-0.15, -0.1) is 0 Å². The van der Waals surface area contributed by atoms with Crippen molar-refractivity contribution in [3.05, 3.63) is 237 Å². The van der Waals surface area contributed by atoms with Crippen LogP contribution in [0.3, 0.4) is 0 Å². The minimum atomic E-state index is 0.900. The zero-order valence-electron chi connectivity index (χ0n) is 32.9. The van der Waals surface area contributed by atoms with Gasteiger partial charge in [-0.2, -0.15) is 0 Å².